The van der Waals surface area contributed by atoms with Crippen LogP contribution in [0.2, 0.25) is 0 Å². The van der Waals surface area contributed by atoms with Crippen LogP contribution in [0.4, 0.5) is 0 Å². The van der Waals surface area contributed by atoms with Gasteiger partial charge in [0.2, 0.25) is 0 Å². The van der Waals surface area contributed by atoms with Gasteiger partial charge in [0, 0.05) is 19.3 Å². The maximum absolute atomic E-state index is 12.7. The quantitative estimate of drug-likeness (QED) is 0.0263. The third kappa shape index (κ3) is 45.7. The second-order valence-corrected chi connectivity index (χ2v) is 16.0. The molecular formula is C54H90O6. The van der Waals surface area contributed by atoms with Crippen LogP contribution in [-0.4, -0.2) is 37.2 Å². The summed E-state index contributed by atoms with van der Waals surface area (Å²) in [5.41, 5.74) is 0. The molecule has 0 heterocycles. The summed E-state index contributed by atoms with van der Waals surface area (Å²) < 4.78 is 16.6. The molecule has 0 bridgehead atoms. The Kier molecular flexibility index (Phi) is 45.5. The molecule has 1 unspecified atom stereocenters. The van der Waals surface area contributed by atoms with Gasteiger partial charge in [-0.15, -0.1) is 0 Å². The molecule has 0 aliphatic rings. The maximum atomic E-state index is 12.7. The molecule has 0 aromatic heterocycles. The molecule has 0 aliphatic heterocycles. The van der Waals surface area contributed by atoms with Crippen LogP contribution >= 0.6 is 0 Å². The lowest BCUT2D eigenvalue weighted by molar-refractivity contribution is -0.167. The van der Waals surface area contributed by atoms with Gasteiger partial charge in [-0.25, -0.2) is 0 Å². The van der Waals surface area contributed by atoms with Gasteiger partial charge in [0.15, 0.2) is 6.10 Å². The van der Waals surface area contributed by atoms with Crippen LogP contribution in [0.25, 0.3) is 0 Å². The van der Waals surface area contributed by atoms with E-state index in [1.807, 2.05) is 0 Å². The predicted octanol–water partition coefficient (Wildman–Crippen LogP) is 16.0. The van der Waals surface area contributed by atoms with E-state index in [1.54, 1.807) is 0 Å². The van der Waals surface area contributed by atoms with Crippen LogP contribution in [0.15, 0.2) is 85.1 Å². The number of hydrogen-bond donors (Lipinski definition) is 0. The highest BCUT2D eigenvalue weighted by Gasteiger charge is 2.19. The maximum Gasteiger partial charge on any atom is 0.306 e. The fraction of sp³-hybridized carbons (Fsp3) is 0.685. The molecule has 0 saturated carbocycles. The Hall–Kier alpha value is -3.41. The third-order valence-corrected chi connectivity index (χ3v) is 10.2. The number of allylic oxidation sites excluding steroid dienone is 14. The van der Waals surface area contributed by atoms with Crippen molar-refractivity contribution in [2.45, 2.75) is 226 Å². The highest BCUT2D eigenvalue weighted by Crippen LogP contribution is 2.14. The van der Waals surface area contributed by atoms with E-state index < -0.39 is 6.10 Å². The highest BCUT2D eigenvalue weighted by atomic mass is 16.6. The SMILES string of the molecule is CC/C=C\C/C=C\C/C=C\C/C=C\C/C=C\C/C=C\C/C=C\CCCC(=O)OCC(COC(=O)CCCCCCCCCC)OC(=O)CCCCCCCCCCCCC. The topological polar surface area (TPSA) is 78.9 Å². The zero-order valence-corrected chi connectivity index (χ0v) is 38.9. The predicted molar refractivity (Wildman–Crippen MR) is 256 cm³/mol. The lowest BCUT2D eigenvalue weighted by atomic mass is 10.1. The molecule has 0 aromatic carbocycles. The van der Waals surface area contributed by atoms with Gasteiger partial charge in [0.05, 0.1) is 0 Å². The van der Waals surface area contributed by atoms with E-state index in [4.69, 9.17) is 14.2 Å². The van der Waals surface area contributed by atoms with Gasteiger partial charge in [-0.3, -0.25) is 14.4 Å². The van der Waals surface area contributed by atoms with Crippen molar-refractivity contribution in [1.29, 1.82) is 0 Å². The van der Waals surface area contributed by atoms with Crippen LogP contribution in [0, 0.1) is 0 Å². The largest absolute Gasteiger partial charge is 0.462 e. The van der Waals surface area contributed by atoms with Gasteiger partial charge >= 0.3 is 17.9 Å². The van der Waals surface area contributed by atoms with Crippen molar-refractivity contribution in [3.8, 4) is 0 Å². The number of hydrogen-bond acceptors (Lipinski definition) is 6. The van der Waals surface area contributed by atoms with Crippen molar-refractivity contribution in [1.82, 2.24) is 0 Å². The molecular weight excluding hydrogens is 745 g/mol. The van der Waals surface area contributed by atoms with Gasteiger partial charge in [0.1, 0.15) is 13.2 Å². The van der Waals surface area contributed by atoms with Crippen molar-refractivity contribution in [2.75, 3.05) is 13.2 Å². The van der Waals surface area contributed by atoms with Crippen LogP contribution in [0.3, 0.4) is 0 Å². The Morgan fingerprint density at radius 3 is 1.02 bits per heavy atom. The van der Waals surface area contributed by atoms with E-state index in [-0.39, 0.29) is 37.5 Å². The first kappa shape index (κ1) is 56.6. The monoisotopic (exact) mass is 835 g/mol. The lowest BCUT2D eigenvalue weighted by Crippen LogP contribution is -2.30. The summed E-state index contributed by atoms with van der Waals surface area (Å²) in [6.45, 7) is 6.42. The molecule has 0 radical (unpaired) electrons. The van der Waals surface area contributed by atoms with E-state index in [0.29, 0.717) is 19.3 Å². The third-order valence-electron chi connectivity index (χ3n) is 10.2. The fourth-order valence-corrected chi connectivity index (χ4v) is 6.49. The number of rotatable bonds is 43. The zero-order valence-electron chi connectivity index (χ0n) is 38.9. The van der Waals surface area contributed by atoms with Gasteiger partial charge in [0.25, 0.3) is 0 Å². The first-order valence-corrected chi connectivity index (χ1v) is 24.6. The molecule has 0 aliphatic carbocycles. The molecule has 0 fully saturated rings. The second kappa shape index (κ2) is 48.3. The number of unbranched alkanes of at least 4 members (excludes halogenated alkanes) is 18. The molecule has 60 heavy (non-hydrogen) atoms. The van der Waals surface area contributed by atoms with E-state index in [2.05, 4.69) is 106 Å². The summed E-state index contributed by atoms with van der Waals surface area (Å²) in [6.07, 6.45) is 61.5. The molecule has 6 heteroatoms. The molecule has 1 atom stereocenters. The highest BCUT2D eigenvalue weighted by molar-refractivity contribution is 5.71. The summed E-state index contributed by atoms with van der Waals surface area (Å²) in [4.78, 5) is 37.7. The second-order valence-electron chi connectivity index (χ2n) is 16.0. The zero-order chi connectivity index (χ0) is 43.7. The van der Waals surface area contributed by atoms with E-state index in [0.717, 1.165) is 89.9 Å². The van der Waals surface area contributed by atoms with Crippen molar-refractivity contribution >= 4 is 17.9 Å². The van der Waals surface area contributed by atoms with Gasteiger partial charge in [-0.1, -0.05) is 215 Å². The van der Waals surface area contributed by atoms with Gasteiger partial charge < -0.3 is 14.2 Å². The normalized spacial score (nSPS) is 12.8. The summed E-state index contributed by atoms with van der Waals surface area (Å²) in [5, 5.41) is 0. The fourth-order valence-electron chi connectivity index (χ4n) is 6.49. The number of ether oxygens (including phenoxy) is 3. The average Bonchev–Trinajstić information content (AvgIpc) is 3.24. The van der Waals surface area contributed by atoms with Crippen molar-refractivity contribution in [3.63, 3.8) is 0 Å². The smallest absolute Gasteiger partial charge is 0.306 e. The first-order valence-electron chi connectivity index (χ1n) is 24.6. The Labute approximate surface area is 369 Å². The van der Waals surface area contributed by atoms with Gasteiger partial charge in [-0.05, 0) is 70.6 Å². The Morgan fingerprint density at radius 1 is 0.350 bits per heavy atom. The standard InChI is InChI=1S/C54H90O6/c1-4-7-10-13-16-19-21-22-23-24-25-26-27-28-29-30-31-32-34-35-38-41-44-47-53(56)59-50-51(49-58-52(55)46-43-40-37-18-15-12-9-6-3)60-54(57)48-45-42-39-36-33-20-17-14-11-8-5-2/h7,10,16,19,22-23,25-26,28-29,31-32,35,38,51H,4-6,8-9,11-15,17-18,20-21,24,27,30,33-34,36-37,39-50H2,1-3H3/b10-7-,19-16-,23-22-,26-25-,29-28-,32-31-,38-35-. The number of carbonyl (C=O) groups is 3. The molecule has 0 aromatic rings. The van der Waals surface area contributed by atoms with Gasteiger partial charge in [-0.2, -0.15) is 0 Å². The van der Waals surface area contributed by atoms with E-state index in [9.17, 15) is 14.4 Å². The van der Waals surface area contributed by atoms with E-state index in [1.165, 1.54) is 83.5 Å². The van der Waals surface area contributed by atoms with Crippen LogP contribution in [-0.2, 0) is 28.6 Å². The average molecular weight is 835 g/mol. The molecule has 6 nitrogen and oxygen atoms in total. The van der Waals surface area contributed by atoms with Crippen LogP contribution in [0.5, 0.6) is 0 Å². The number of carbonyl (C=O) groups excluding carboxylic acids is 3. The minimum Gasteiger partial charge on any atom is -0.462 e. The molecule has 0 saturated heterocycles. The summed E-state index contributed by atoms with van der Waals surface area (Å²) >= 11 is 0. The molecule has 0 amide bonds. The Bertz CT molecular complexity index is 1190. The summed E-state index contributed by atoms with van der Waals surface area (Å²) in [6, 6.07) is 0. The van der Waals surface area contributed by atoms with Crippen LogP contribution in [0.1, 0.15) is 220 Å². The first-order chi connectivity index (χ1) is 29.5. The van der Waals surface area contributed by atoms with Crippen molar-refractivity contribution < 1.29 is 28.6 Å². The Morgan fingerprint density at radius 2 is 0.650 bits per heavy atom. The summed E-state index contributed by atoms with van der Waals surface area (Å²) in [5.74, 6) is -0.963. The van der Waals surface area contributed by atoms with E-state index >= 15 is 0 Å². The molecule has 342 valence electrons. The summed E-state index contributed by atoms with van der Waals surface area (Å²) in [7, 11) is 0. The molecule has 0 rings (SSSR count). The lowest BCUT2D eigenvalue weighted by Gasteiger charge is -2.18. The minimum absolute atomic E-state index is 0.0928. The molecule has 0 spiro atoms. The van der Waals surface area contributed by atoms with Crippen LogP contribution < -0.4 is 0 Å². The number of esters is 3. The minimum atomic E-state index is -0.794. The molecule has 0 N–H and O–H groups in total. The Balaban J connectivity index is 4.37. The van der Waals surface area contributed by atoms with Crippen molar-refractivity contribution in [2.24, 2.45) is 0 Å². The van der Waals surface area contributed by atoms with Crippen molar-refractivity contribution in [3.05, 3.63) is 85.1 Å².